The van der Waals surface area contributed by atoms with E-state index in [0.29, 0.717) is 17.5 Å². The van der Waals surface area contributed by atoms with Crippen LogP contribution in [0.4, 0.5) is 5.69 Å². The number of ether oxygens (including phenoxy) is 1. The van der Waals surface area contributed by atoms with Crippen LogP contribution in [0, 0.1) is 6.92 Å². The first kappa shape index (κ1) is 15.7. The molecule has 0 aliphatic carbocycles. The lowest BCUT2D eigenvalue weighted by molar-refractivity contribution is -0.115. The second-order valence-electron chi connectivity index (χ2n) is 5.28. The topological polar surface area (TPSA) is 77.2 Å². The number of aryl methyl sites for hydroxylation is 1. The van der Waals surface area contributed by atoms with Gasteiger partial charge in [0.05, 0.1) is 13.5 Å². The second-order valence-corrected chi connectivity index (χ2v) is 5.28. The maximum absolute atomic E-state index is 12.2. The molecule has 0 saturated carbocycles. The highest BCUT2D eigenvalue weighted by Gasteiger charge is 2.09. The maximum atomic E-state index is 12.2. The standard InChI is InChI=1S/C18H17N3O3/c1-12-20-21-18(24-12)14-6-4-7-15(11-14)19-17(22)10-13-5-3-8-16(9-13)23-2/h3-9,11H,10H2,1-2H3,(H,19,22). The van der Waals surface area contributed by atoms with E-state index in [-0.39, 0.29) is 12.3 Å². The number of methoxy groups -OCH3 is 1. The fraction of sp³-hybridized carbons (Fsp3) is 0.167. The summed E-state index contributed by atoms with van der Waals surface area (Å²) in [5.41, 5.74) is 2.32. The minimum absolute atomic E-state index is 0.109. The van der Waals surface area contributed by atoms with Gasteiger partial charge in [-0.05, 0) is 35.9 Å². The third-order valence-electron chi connectivity index (χ3n) is 3.42. The average molecular weight is 323 g/mol. The van der Waals surface area contributed by atoms with Gasteiger partial charge in [0.1, 0.15) is 5.75 Å². The summed E-state index contributed by atoms with van der Waals surface area (Å²) in [4.78, 5) is 12.2. The van der Waals surface area contributed by atoms with Crippen molar-refractivity contribution in [2.75, 3.05) is 12.4 Å². The van der Waals surface area contributed by atoms with E-state index in [2.05, 4.69) is 15.5 Å². The number of anilines is 1. The van der Waals surface area contributed by atoms with Crippen LogP contribution in [0.3, 0.4) is 0 Å². The Morgan fingerprint density at radius 1 is 1.17 bits per heavy atom. The molecule has 1 N–H and O–H groups in total. The summed E-state index contributed by atoms with van der Waals surface area (Å²) in [6, 6.07) is 14.7. The van der Waals surface area contributed by atoms with Crippen molar-refractivity contribution in [2.45, 2.75) is 13.3 Å². The Morgan fingerprint density at radius 2 is 2.00 bits per heavy atom. The van der Waals surface area contributed by atoms with Gasteiger partial charge in [-0.1, -0.05) is 18.2 Å². The molecule has 122 valence electrons. The summed E-state index contributed by atoms with van der Waals surface area (Å²) in [6.45, 7) is 1.73. The zero-order chi connectivity index (χ0) is 16.9. The number of rotatable bonds is 5. The van der Waals surface area contributed by atoms with Crippen molar-refractivity contribution in [2.24, 2.45) is 0 Å². The van der Waals surface area contributed by atoms with Crippen molar-refractivity contribution in [1.29, 1.82) is 0 Å². The van der Waals surface area contributed by atoms with E-state index in [1.807, 2.05) is 42.5 Å². The molecular weight excluding hydrogens is 306 g/mol. The lowest BCUT2D eigenvalue weighted by Crippen LogP contribution is -2.14. The molecule has 0 saturated heterocycles. The summed E-state index contributed by atoms with van der Waals surface area (Å²) in [7, 11) is 1.60. The first-order valence-corrected chi connectivity index (χ1v) is 7.47. The number of nitrogens with one attached hydrogen (secondary N) is 1. The van der Waals surface area contributed by atoms with E-state index >= 15 is 0 Å². The third-order valence-corrected chi connectivity index (χ3v) is 3.42. The van der Waals surface area contributed by atoms with Crippen LogP contribution in [-0.2, 0) is 11.2 Å². The van der Waals surface area contributed by atoms with Gasteiger partial charge in [-0.25, -0.2) is 0 Å². The molecule has 24 heavy (non-hydrogen) atoms. The first-order chi connectivity index (χ1) is 11.6. The van der Waals surface area contributed by atoms with Gasteiger partial charge in [0.15, 0.2) is 0 Å². The molecule has 0 unspecified atom stereocenters. The van der Waals surface area contributed by atoms with Crippen LogP contribution in [-0.4, -0.2) is 23.2 Å². The Balaban J connectivity index is 1.70. The molecule has 0 aliphatic heterocycles. The number of hydrogen-bond donors (Lipinski definition) is 1. The van der Waals surface area contributed by atoms with Gasteiger partial charge in [-0.3, -0.25) is 4.79 Å². The highest BCUT2D eigenvalue weighted by molar-refractivity contribution is 5.92. The van der Waals surface area contributed by atoms with Gasteiger partial charge in [-0.15, -0.1) is 10.2 Å². The van der Waals surface area contributed by atoms with Crippen LogP contribution in [0.15, 0.2) is 52.9 Å². The molecule has 0 fully saturated rings. The number of amides is 1. The summed E-state index contributed by atoms with van der Waals surface area (Å²) in [5.74, 6) is 1.55. The van der Waals surface area contributed by atoms with E-state index in [9.17, 15) is 4.79 Å². The van der Waals surface area contributed by atoms with Gasteiger partial charge in [0, 0.05) is 18.2 Å². The Kier molecular flexibility index (Phi) is 4.56. The highest BCUT2D eigenvalue weighted by Crippen LogP contribution is 2.21. The molecule has 3 aromatic rings. The molecule has 0 spiro atoms. The quantitative estimate of drug-likeness (QED) is 0.780. The van der Waals surface area contributed by atoms with Crippen LogP contribution < -0.4 is 10.1 Å². The van der Waals surface area contributed by atoms with E-state index < -0.39 is 0 Å². The summed E-state index contributed by atoms with van der Waals surface area (Å²) in [5, 5.41) is 10.7. The Morgan fingerprint density at radius 3 is 2.75 bits per heavy atom. The van der Waals surface area contributed by atoms with Gasteiger partial charge in [0.2, 0.25) is 17.7 Å². The number of carbonyl (C=O) groups is 1. The van der Waals surface area contributed by atoms with Crippen LogP contribution in [0.1, 0.15) is 11.5 Å². The summed E-state index contributed by atoms with van der Waals surface area (Å²) in [6.07, 6.45) is 0.265. The van der Waals surface area contributed by atoms with E-state index in [1.54, 1.807) is 20.1 Å². The molecule has 3 rings (SSSR count). The fourth-order valence-corrected chi connectivity index (χ4v) is 2.32. The number of hydrogen-bond acceptors (Lipinski definition) is 5. The largest absolute Gasteiger partial charge is 0.497 e. The SMILES string of the molecule is COc1cccc(CC(=O)Nc2cccc(-c3nnc(C)o3)c2)c1. The predicted molar refractivity (Wildman–Crippen MR) is 89.8 cm³/mol. The molecule has 6 heteroatoms. The lowest BCUT2D eigenvalue weighted by Gasteiger charge is -2.07. The second kappa shape index (κ2) is 6.95. The van der Waals surface area contributed by atoms with Crippen molar-refractivity contribution in [1.82, 2.24) is 10.2 Å². The lowest BCUT2D eigenvalue weighted by atomic mass is 10.1. The van der Waals surface area contributed by atoms with Gasteiger partial charge < -0.3 is 14.5 Å². The first-order valence-electron chi connectivity index (χ1n) is 7.47. The van der Waals surface area contributed by atoms with Crippen LogP contribution >= 0.6 is 0 Å². The van der Waals surface area contributed by atoms with E-state index in [4.69, 9.17) is 9.15 Å². The van der Waals surface area contributed by atoms with E-state index in [0.717, 1.165) is 16.9 Å². The van der Waals surface area contributed by atoms with E-state index in [1.165, 1.54) is 0 Å². The van der Waals surface area contributed by atoms with Gasteiger partial charge in [0.25, 0.3) is 0 Å². The van der Waals surface area contributed by atoms with Crippen molar-refractivity contribution in [3.05, 3.63) is 60.0 Å². The molecule has 1 aromatic heterocycles. The maximum Gasteiger partial charge on any atom is 0.247 e. The average Bonchev–Trinajstić information content (AvgIpc) is 3.02. The zero-order valence-corrected chi connectivity index (χ0v) is 13.4. The Hall–Kier alpha value is -3.15. The molecule has 0 radical (unpaired) electrons. The summed E-state index contributed by atoms with van der Waals surface area (Å²) >= 11 is 0. The van der Waals surface area contributed by atoms with Crippen LogP contribution in [0.5, 0.6) is 5.75 Å². The molecule has 0 bridgehead atoms. The molecule has 1 heterocycles. The van der Waals surface area contributed by atoms with Crippen molar-refractivity contribution in [3.63, 3.8) is 0 Å². The zero-order valence-electron chi connectivity index (χ0n) is 13.4. The molecule has 6 nitrogen and oxygen atoms in total. The molecule has 1 amide bonds. The molecule has 0 atom stereocenters. The predicted octanol–water partition coefficient (Wildman–Crippen LogP) is 3.23. The normalized spacial score (nSPS) is 10.4. The Labute approximate surface area is 139 Å². The minimum atomic E-state index is -0.109. The highest BCUT2D eigenvalue weighted by atomic mass is 16.5. The number of carbonyl (C=O) groups excluding carboxylic acids is 1. The summed E-state index contributed by atoms with van der Waals surface area (Å²) < 4.78 is 10.6. The van der Waals surface area contributed by atoms with Crippen molar-refractivity contribution < 1.29 is 13.9 Å². The Bertz CT molecular complexity index is 858. The van der Waals surface area contributed by atoms with Gasteiger partial charge >= 0.3 is 0 Å². The molecular formula is C18H17N3O3. The minimum Gasteiger partial charge on any atom is -0.497 e. The molecule has 0 aliphatic rings. The number of aromatic nitrogens is 2. The van der Waals surface area contributed by atoms with Crippen LogP contribution in [0.2, 0.25) is 0 Å². The smallest absolute Gasteiger partial charge is 0.247 e. The fourth-order valence-electron chi connectivity index (χ4n) is 2.32. The van der Waals surface area contributed by atoms with Crippen LogP contribution in [0.25, 0.3) is 11.5 Å². The number of benzene rings is 2. The third kappa shape index (κ3) is 3.78. The molecule has 2 aromatic carbocycles. The van der Waals surface area contributed by atoms with Crippen molar-refractivity contribution in [3.8, 4) is 17.2 Å². The van der Waals surface area contributed by atoms with Crippen molar-refractivity contribution >= 4 is 11.6 Å². The monoisotopic (exact) mass is 323 g/mol. The number of nitrogens with zero attached hydrogens (tertiary/aromatic N) is 2. The van der Waals surface area contributed by atoms with Gasteiger partial charge in [-0.2, -0.15) is 0 Å².